The van der Waals surface area contributed by atoms with E-state index in [1.54, 1.807) is 6.07 Å². The third-order valence-corrected chi connectivity index (χ3v) is 2.79. The standard InChI is InChI=1S/C13H22N2O2/c1-9(2)7-13(4,8-14)15-12(16)11-10(3)5-6-17-11/h5-6,9H,7-8,14H2,1-4H3,(H,15,16). The summed E-state index contributed by atoms with van der Waals surface area (Å²) >= 11 is 0. The molecular formula is C13H22N2O2. The lowest BCUT2D eigenvalue weighted by Gasteiger charge is -2.30. The van der Waals surface area contributed by atoms with Gasteiger partial charge in [-0.25, -0.2) is 0 Å². The van der Waals surface area contributed by atoms with E-state index in [0.717, 1.165) is 12.0 Å². The largest absolute Gasteiger partial charge is 0.459 e. The highest BCUT2D eigenvalue weighted by atomic mass is 16.3. The van der Waals surface area contributed by atoms with Crippen molar-refractivity contribution in [2.45, 2.75) is 39.7 Å². The monoisotopic (exact) mass is 238 g/mol. The van der Waals surface area contributed by atoms with Crippen molar-refractivity contribution in [1.29, 1.82) is 0 Å². The van der Waals surface area contributed by atoms with Crippen LogP contribution < -0.4 is 11.1 Å². The number of aryl methyl sites for hydroxylation is 1. The minimum absolute atomic E-state index is 0.193. The molecule has 3 N–H and O–H groups in total. The summed E-state index contributed by atoms with van der Waals surface area (Å²) in [6, 6.07) is 1.77. The molecule has 4 nitrogen and oxygen atoms in total. The second kappa shape index (κ2) is 5.36. The van der Waals surface area contributed by atoms with Crippen LogP contribution in [0.5, 0.6) is 0 Å². The van der Waals surface area contributed by atoms with Gasteiger partial charge in [-0.1, -0.05) is 13.8 Å². The fourth-order valence-electron chi connectivity index (χ4n) is 2.02. The number of furan rings is 1. The minimum atomic E-state index is -0.384. The van der Waals surface area contributed by atoms with E-state index in [1.807, 2.05) is 13.8 Å². The maximum atomic E-state index is 12.0. The van der Waals surface area contributed by atoms with Gasteiger partial charge in [-0.2, -0.15) is 0 Å². The van der Waals surface area contributed by atoms with Crippen LogP contribution >= 0.6 is 0 Å². The number of nitrogens with two attached hydrogens (primary N) is 1. The molecule has 1 aromatic rings. The molecular weight excluding hydrogens is 216 g/mol. The fraction of sp³-hybridized carbons (Fsp3) is 0.615. The number of nitrogens with one attached hydrogen (secondary N) is 1. The van der Waals surface area contributed by atoms with Crippen molar-refractivity contribution < 1.29 is 9.21 Å². The van der Waals surface area contributed by atoms with Gasteiger partial charge in [-0.3, -0.25) is 4.79 Å². The molecule has 0 saturated carbocycles. The number of carbonyl (C=O) groups is 1. The zero-order valence-corrected chi connectivity index (χ0v) is 11.0. The Bertz CT molecular complexity index is 385. The highest BCUT2D eigenvalue weighted by molar-refractivity contribution is 5.93. The van der Waals surface area contributed by atoms with Crippen LogP contribution in [0.1, 0.15) is 43.3 Å². The Morgan fingerprint density at radius 1 is 1.59 bits per heavy atom. The van der Waals surface area contributed by atoms with Crippen molar-refractivity contribution >= 4 is 5.91 Å². The highest BCUT2D eigenvalue weighted by Gasteiger charge is 2.27. The first-order valence-corrected chi connectivity index (χ1v) is 5.94. The summed E-state index contributed by atoms with van der Waals surface area (Å²) < 4.78 is 5.17. The predicted octanol–water partition coefficient (Wildman–Crippen LogP) is 2.08. The molecule has 96 valence electrons. The molecule has 1 aromatic heterocycles. The maximum absolute atomic E-state index is 12.0. The van der Waals surface area contributed by atoms with Gasteiger partial charge in [0.2, 0.25) is 0 Å². The van der Waals surface area contributed by atoms with Crippen LogP contribution in [0.2, 0.25) is 0 Å². The number of hydrogen-bond acceptors (Lipinski definition) is 3. The van der Waals surface area contributed by atoms with E-state index in [9.17, 15) is 4.79 Å². The van der Waals surface area contributed by atoms with Gasteiger partial charge in [-0.15, -0.1) is 0 Å². The molecule has 0 aliphatic rings. The fourth-order valence-corrected chi connectivity index (χ4v) is 2.02. The summed E-state index contributed by atoms with van der Waals surface area (Å²) in [5, 5.41) is 2.96. The lowest BCUT2D eigenvalue weighted by molar-refractivity contribution is 0.0868. The third kappa shape index (κ3) is 3.60. The topological polar surface area (TPSA) is 68.3 Å². The zero-order chi connectivity index (χ0) is 13.1. The Balaban J connectivity index is 2.75. The zero-order valence-electron chi connectivity index (χ0n) is 11.0. The van der Waals surface area contributed by atoms with Crippen molar-refractivity contribution in [2.75, 3.05) is 6.54 Å². The Hall–Kier alpha value is -1.29. The van der Waals surface area contributed by atoms with Gasteiger partial charge in [0.1, 0.15) is 0 Å². The first-order chi connectivity index (χ1) is 7.88. The Kier molecular flexibility index (Phi) is 4.34. The molecule has 1 unspecified atom stereocenters. The average Bonchev–Trinajstić information content (AvgIpc) is 2.63. The summed E-state index contributed by atoms with van der Waals surface area (Å²) in [6.45, 7) is 8.44. The van der Waals surface area contributed by atoms with Gasteiger partial charge in [0.25, 0.3) is 5.91 Å². The highest BCUT2D eigenvalue weighted by Crippen LogP contribution is 2.17. The van der Waals surface area contributed by atoms with E-state index in [4.69, 9.17) is 10.2 Å². The van der Waals surface area contributed by atoms with Crippen LogP contribution in [-0.2, 0) is 0 Å². The number of amides is 1. The van der Waals surface area contributed by atoms with Gasteiger partial charge < -0.3 is 15.5 Å². The summed E-state index contributed by atoms with van der Waals surface area (Å²) in [5.74, 6) is 0.649. The SMILES string of the molecule is Cc1ccoc1C(=O)NC(C)(CN)CC(C)C. The maximum Gasteiger partial charge on any atom is 0.287 e. The molecule has 17 heavy (non-hydrogen) atoms. The first kappa shape index (κ1) is 13.8. The third-order valence-electron chi connectivity index (χ3n) is 2.79. The van der Waals surface area contributed by atoms with Crippen molar-refractivity contribution in [3.8, 4) is 0 Å². The van der Waals surface area contributed by atoms with Gasteiger partial charge in [0, 0.05) is 12.1 Å². The molecule has 0 aliphatic carbocycles. The van der Waals surface area contributed by atoms with Crippen LogP contribution in [0.3, 0.4) is 0 Å². The van der Waals surface area contributed by atoms with E-state index < -0.39 is 0 Å². The van der Waals surface area contributed by atoms with E-state index in [0.29, 0.717) is 18.2 Å². The Morgan fingerprint density at radius 3 is 2.65 bits per heavy atom. The molecule has 0 radical (unpaired) electrons. The number of carbonyl (C=O) groups excluding carboxylic acids is 1. The summed E-state index contributed by atoms with van der Waals surface area (Å²) in [7, 11) is 0. The van der Waals surface area contributed by atoms with Crippen molar-refractivity contribution in [3.63, 3.8) is 0 Å². The normalized spacial score (nSPS) is 14.7. The Labute approximate surface area is 103 Å². The van der Waals surface area contributed by atoms with Crippen LogP contribution in [0.25, 0.3) is 0 Å². The van der Waals surface area contributed by atoms with E-state index >= 15 is 0 Å². The summed E-state index contributed by atoms with van der Waals surface area (Å²) in [4.78, 5) is 12.0. The molecule has 0 spiro atoms. The lowest BCUT2D eigenvalue weighted by atomic mass is 9.90. The summed E-state index contributed by atoms with van der Waals surface area (Å²) in [5.41, 5.74) is 6.20. The van der Waals surface area contributed by atoms with Crippen molar-refractivity contribution in [3.05, 3.63) is 23.7 Å². The van der Waals surface area contributed by atoms with Crippen LogP contribution in [-0.4, -0.2) is 18.0 Å². The quantitative estimate of drug-likeness (QED) is 0.825. The molecule has 0 aromatic carbocycles. The van der Waals surface area contributed by atoms with Crippen molar-refractivity contribution in [1.82, 2.24) is 5.32 Å². The molecule has 0 bridgehead atoms. The lowest BCUT2D eigenvalue weighted by Crippen LogP contribution is -2.52. The van der Waals surface area contributed by atoms with Gasteiger partial charge in [0.15, 0.2) is 5.76 Å². The molecule has 4 heteroatoms. The second-order valence-corrected chi connectivity index (χ2v) is 5.25. The molecule has 1 rings (SSSR count). The molecule has 0 aliphatic heterocycles. The van der Waals surface area contributed by atoms with E-state index in [-0.39, 0.29) is 11.4 Å². The van der Waals surface area contributed by atoms with Crippen LogP contribution in [0, 0.1) is 12.8 Å². The molecule has 0 fully saturated rings. The number of hydrogen-bond donors (Lipinski definition) is 2. The summed E-state index contributed by atoms with van der Waals surface area (Å²) in [6.07, 6.45) is 2.36. The molecule has 1 amide bonds. The second-order valence-electron chi connectivity index (χ2n) is 5.25. The van der Waals surface area contributed by atoms with E-state index in [2.05, 4.69) is 19.2 Å². The minimum Gasteiger partial charge on any atom is -0.459 e. The van der Waals surface area contributed by atoms with E-state index in [1.165, 1.54) is 6.26 Å². The number of rotatable bonds is 5. The average molecular weight is 238 g/mol. The van der Waals surface area contributed by atoms with Crippen LogP contribution in [0.4, 0.5) is 0 Å². The van der Waals surface area contributed by atoms with Crippen molar-refractivity contribution in [2.24, 2.45) is 11.7 Å². The molecule has 0 saturated heterocycles. The molecule has 1 heterocycles. The first-order valence-electron chi connectivity index (χ1n) is 5.94. The van der Waals surface area contributed by atoms with Gasteiger partial charge in [-0.05, 0) is 32.3 Å². The molecule has 1 atom stereocenters. The Morgan fingerprint density at radius 2 is 2.24 bits per heavy atom. The van der Waals surface area contributed by atoms with Gasteiger partial charge in [0.05, 0.1) is 11.8 Å². The van der Waals surface area contributed by atoms with Gasteiger partial charge >= 0.3 is 0 Å². The van der Waals surface area contributed by atoms with Crippen LogP contribution in [0.15, 0.2) is 16.7 Å². The predicted molar refractivity (Wildman–Crippen MR) is 67.8 cm³/mol. The smallest absolute Gasteiger partial charge is 0.287 e.